The first-order valence-corrected chi connectivity index (χ1v) is 8.95. The number of carbonyl (C=O) groups is 1. The smallest absolute Gasteiger partial charge is 0.274 e. The molecule has 1 amide bonds. The van der Waals surface area contributed by atoms with Gasteiger partial charge in [-0.3, -0.25) is 4.79 Å². The number of ether oxygens (including phenoxy) is 2. The Kier molecular flexibility index (Phi) is 6.36. The second-order valence-electron chi connectivity index (χ2n) is 6.35. The zero-order valence-electron chi connectivity index (χ0n) is 15.2. The minimum Gasteiger partial charge on any atom is -0.477 e. The van der Waals surface area contributed by atoms with Crippen LogP contribution in [-0.4, -0.2) is 59.8 Å². The summed E-state index contributed by atoms with van der Waals surface area (Å²) in [7, 11) is 3.66. The molecule has 1 aliphatic rings. The lowest BCUT2D eigenvalue weighted by molar-refractivity contribution is 0.0490. The van der Waals surface area contributed by atoms with Gasteiger partial charge in [-0.1, -0.05) is 0 Å². The number of aromatic nitrogens is 4. The van der Waals surface area contributed by atoms with E-state index in [1.807, 2.05) is 14.1 Å². The Morgan fingerprint density at radius 1 is 1.30 bits per heavy atom. The topological polar surface area (TPSA) is 102 Å². The molecule has 1 fully saturated rings. The van der Waals surface area contributed by atoms with Gasteiger partial charge in [0.05, 0.1) is 24.7 Å². The zero-order chi connectivity index (χ0) is 19.2. The molecule has 1 saturated heterocycles. The van der Waals surface area contributed by atoms with Gasteiger partial charge in [0.15, 0.2) is 0 Å². The number of halogens is 1. The Bertz CT molecular complexity index is 781. The lowest BCUT2D eigenvalue weighted by Crippen LogP contribution is -2.22. The highest BCUT2D eigenvalue weighted by Gasteiger charge is 2.17. The van der Waals surface area contributed by atoms with Gasteiger partial charge < -0.3 is 19.7 Å². The molecule has 0 atom stereocenters. The minimum atomic E-state index is -0.448. The van der Waals surface area contributed by atoms with Crippen LogP contribution in [0, 0.1) is 5.92 Å². The quantitative estimate of drug-likeness (QED) is 0.745. The summed E-state index contributed by atoms with van der Waals surface area (Å²) in [6.45, 7) is 1.97. The molecule has 144 valence electrons. The van der Waals surface area contributed by atoms with E-state index in [1.165, 1.54) is 18.5 Å². The minimum absolute atomic E-state index is 0.0520. The molecular formula is C17H21ClN6O3. The second-order valence-corrected chi connectivity index (χ2v) is 6.69. The van der Waals surface area contributed by atoms with E-state index < -0.39 is 5.91 Å². The van der Waals surface area contributed by atoms with Gasteiger partial charge >= 0.3 is 0 Å². The van der Waals surface area contributed by atoms with Gasteiger partial charge in [0.1, 0.15) is 5.69 Å². The summed E-state index contributed by atoms with van der Waals surface area (Å²) in [6.07, 6.45) is 4.92. The molecule has 0 radical (unpaired) electrons. The van der Waals surface area contributed by atoms with Crippen LogP contribution in [0.3, 0.4) is 0 Å². The van der Waals surface area contributed by atoms with Gasteiger partial charge in [-0.05, 0) is 30.4 Å². The normalized spacial score (nSPS) is 14.6. The molecule has 2 aromatic heterocycles. The maximum atomic E-state index is 12.4. The van der Waals surface area contributed by atoms with Crippen molar-refractivity contribution in [3.05, 3.63) is 29.4 Å². The van der Waals surface area contributed by atoms with E-state index in [0.717, 1.165) is 26.1 Å². The second kappa shape index (κ2) is 8.92. The van der Waals surface area contributed by atoms with Crippen LogP contribution in [0.2, 0.25) is 5.28 Å². The number of carbonyl (C=O) groups excluding carboxylic acids is 1. The summed E-state index contributed by atoms with van der Waals surface area (Å²) in [6, 6.07) is 1.47. The van der Waals surface area contributed by atoms with Crippen LogP contribution in [0.1, 0.15) is 23.3 Å². The third kappa shape index (κ3) is 5.48. The predicted octanol–water partition coefficient (Wildman–Crippen LogP) is 2.04. The molecule has 0 unspecified atom stereocenters. The first kappa shape index (κ1) is 19.2. The first-order valence-electron chi connectivity index (χ1n) is 8.57. The van der Waals surface area contributed by atoms with Crippen LogP contribution in [0.4, 0.5) is 11.6 Å². The molecule has 0 spiro atoms. The monoisotopic (exact) mass is 392 g/mol. The van der Waals surface area contributed by atoms with Crippen LogP contribution in [0.15, 0.2) is 18.5 Å². The van der Waals surface area contributed by atoms with Crippen molar-refractivity contribution in [2.24, 2.45) is 5.92 Å². The van der Waals surface area contributed by atoms with E-state index >= 15 is 0 Å². The molecule has 0 aromatic carbocycles. The molecule has 0 bridgehead atoms. The Labute approximate surface area is 162 Å². The van der Waals surface area contributed by atoms with Crippen molar-refractivity contribution < 1.29 is 14.3 Å². The van der Waals surface area contributed by atoms with E-state index in [0.29, 0.717) is 24.2 Å². The van der Waals surface area contributed by atoms with Gasteiger partial charge in [0.25, 0.3) is 5.91 Å². The fourth-order valence-corrected chi connectivity index (χ4v) is 2.69. The van der Waals surface area contributed by atoms with E-state index in [4.69, 9.17) is 21.1 Å². The largest absolute Gasteiger partial charge is 0.477 e. The number of hydrogen-bond acceptors (Lipinski definition) is 8. The molecule has 0 saturated carbocycles. The summed E-state index contributed by atoms with van der Waals surface area (Å²) in [5.41, 5.74) is 0.554. The molecular weight excluding hydrogens is 372 g/mol. The van der Waals surface area contributed by atoms with Crippen LogP contribution >= 0.6 is 11.6 Å². The summed E-state index contributed by atoms with van der Waals surface area (Å²) < 4.78 is 11.0. The van der Waals surface area contributed by atoms with Crippen molar-refractivity contribution in [1.82, 2.24) is 19.9 Å². The molecule has 2 aromatic rings. The van der Waals surface area contributed by atoms with Crippen molar-refractivity contribution >= 4 is 29.1 Å². The Hall–Kier alpha value is -2.52. The van der Waals surface area contributed by atoms with E-state index in [2.05, 4.69) is 25.3 Å². The number of amides is 1. The van der Waals surface area contributed by atoms with Gasteiger partial charge in [-0.25, -0.2) is 15.0 Å². The highest BCUT2D eigenvalue weighted by Crippen LogP contribution is 2.19. The third-order valence-electron chi connectivity index (χ3n) is 4.01. The van der Waals surface area contributed by atoms with E-state index in [9.17, 15) is 4.79 Å². The van der Waals surface area contributed by atoms with Crippen molar-refractivity contribution in [2.45, 2.75) is 12.8 Å². The third-order valence-corrected chi connectivity index (χ3v) is 4.18. The Morgan fingerprint density at radius 2 is 2.00 bits per heavy atom. The molecule has 9 nitrogen and oxygen atoms in total. The van der Waals surface area contributed by atoms with E-state index in [1.54, 1.807) is 4.90 Å². The van der Waals surface area contributed by atoms with Crippen LogP contribution in [0.25, 0.3) is 0 Å². The zero-order valence-corrected chi connectivity index (χ0v) is 15.9. The lowest BCUT2D eigenvalue weighted by atomic mass is 10.0. The Morgan fingerprint density at radius 3 is 2.67 bits per heavy atom. The molecule has 1 N–H and O–H groups in total. The SMILES string of the molecule is CN(C)c1ncc(NC(=O)c2cc(OCC3CCOCC3)nc(Cl)n2)cn1. The number of anilines is 2. The molecule has 3 heterocycles. The maximum absolute atomic E-state index is 12.4. The van der Waals surface area contributed by atoms with Crippen molar-refractivity contribution in [1.29, 1.82) is 0 Å². The van der Waals surface area contributed by atoms with Crippen LogP contribution in [0.5, 0.6) is 5.88 Å². The average molecular weight is 393 g/mol. The molecule has 0 aliphatic carbocycles. The summed E-state index contributed by atoms with van der Waals surface area (Å²) in [5, 5.41) is 2.63. The fourth-order valence-electron chi connectivity index (χ4n) is 2.52. The number of hydrogen-bond donors (Lipinski definition) is 1. The van der Waals surface area contributed by atoms with E-state index in [-0.39, 0.29) is 16.9 Å². The average Bonchev–Trinajstić information content (AvgIpc) is 2.67. The predicted molar refractivity (Wildman–Crippen MR) is 100 cm³/mol. The summed E-state index contributed by atoms with van der Waals surface area (Å²) in [5.74, 6) is 0.765. The van der Waals surface area contributed by atoms with Crippen LogP contribution < -0.4 is 15.0 Å². The van der Waals surface area contributed by atoms with Crippen molar-refractivity contribution in [3.63, 3.8) is 0 Å². The number of nitrogens with zero attached hydrogens (tertiary/aromatic N) is 5. The lowest BCUT2D eigenvalue weighted by Gasteiger charge is -2.21. The Balaban J connectivity index is 1.64. The van der Waals surface area contributed by atoms with Gasteiger partial charge in [-0.15, -0.1) is 0 Å². The summed E-state index contributed by atoms with van der Waals surface area (Å²) >= 11 is 5.94. The summed E-state index contributed by atoms with van der Waals surface area (Å²) in [4.78, 5) is 30.5. The van der Waals surface area contributed by atoms with Crippen LogP contribution in [-0.2, 0) is 4.74 Å². The fraction of sp³-hybridized carbons (Fsp3) is 0.471. The maximum Gasteiger partial charge on any atom is 0.274 e. The van der Waals surface area contributed by atoms with Gasteiger partial charge in [0, 0.05) is 33.4 Å². The van der Waals surface area contributed by atoms with Gasteiger partial charge in [0.2, 0.25) is 17.1 Å². The highest BCUT2D eigenvalue weighted by molar-refractivity contribution is 6.28. The number of nitrogens with one attached hydrogen (secondary N) is 1. The highest BCUT2D eigenvalue weighted by atomic mass is 35.5. The standard InChI is InChI=1S/C17H21ClN6O3/c1-24(2)17-19-8-12(9-20-17)21-15(25)13-7-14(23-16(18)22-13)27-10-11-3-5-26-6-4-11/h7-9,11H,3-6,10H2,1-2H3,(H,21,25). The van der Waals surface area contributed by atoms with Crippen molar-refractivity contribution in [2.75, 3.05) is 44.1 Å². The van der Waals surface area contributed by atoms with Crippen molar-refractivity contribution in [3.8, 4) is 5.88 Å². The molecule has 3 rings (SSSR count). The molecule has 1 aliphatic heterocycles. The number of rotatable bonds is 6. The van der Waals surface area contributed by atoms with Gasteiger partial charge in [-0.2, -0.15) is 4.98 Å². The molecule has 10 heteroatoms. The molecule has 27 heavy (non-hydrogen) atoms. The first-order chi connectivity index (χ1) is 13.0.